The lowest BCUT2D eigenvalue weighted by Gasteiger charge is -2.13. The van der Waals surface area contributed by atoms with Gasteiger partial charge in [-0.2, -0.15) is 13.2 Å². The summed E-state index contributed by atoms with van der Waals surface area (Å²) in [5, 5.41) is 0. The Kier molecular flexibility index (Phi) is 4.83. The van der Waals surface area contributed by atoms with E-state index in [9.17, 15) is 22.8 Å². The Balaban J connectivity index is 3.94. The quantitative estimate of drug-likeness (QED) is 0.534. The molecular formula is C8H9F3O4. The second kappa shape index (κ2) is 5.38. The van der Waals surface area contributed by atoms with Crippen LogP contribution in [-0.2, 0) is 19.1 Å². The fourth-order valence-corrected chi connectivity index (χ4v) is 0.542. The third kappa shape index (κ3) is 5.71. The van der Waals surface area contributed by atoms with Crippen molar-refractivity contribution >= 4 is 11.9 Å². The Labute approximate surface area is 83.7 Å². The zero-order chi connectivity index (χ0) is 12.1. The highest BCUT2D eigenvalue weighted by molar-refractivity contribution is 5.81. The van der Waals surface area contributed by atoms with Crippen LogP contribution < -0.4 is 0 Å². The van der Waals surface area contributed by atoms with Crippen molar-refractivity contribution in [3.63, 3.8) is 0 Å². The minimum Gasteiger partial charge on any atom is -0.459 e. The van der Waals surface area contributed by atoms with Gasteiger partial charge in [0.2, 0.25) is 0 Å². The molecule has 0 fully saturated rings. The first-order valence-electron chi connectivity index (χ1n) is 3.84. The summed E-state index contributed by atoms with van der Waals surface area (Å²) in [5.74, 6) is -3.12. The van der Waals surface area contributed by atoms with Gasteiger partial charge in [0.25, 0.3) is 0 Å². The molecule has 86 valence electrons. The highest BCUT2D eigenvalue weighted by Gasteiger charge is 2.41. The van der Waals surface area contributed by atoms with E-state index >= 15 is 0 Å². The van der Waals surface area contributed by atoms with Crippen LogP contribution in [0.1, 0.15) is 6.92 Å². The van der Waals surface area contributed by atoms with Crippen LogP contribution in [0.25, 0.3) is 0 Å². The zero-order valence-electron chi connectivity index (χ0n) is 7.84. The van der Waals surface area contributed by atoms with Gasteiger partial charge in [-0.3, -0.25) is 0 Å². The van der Waals surface area contributed by atoms with E-state index < -0.39 is 30.8 Å². The van der Waals surface area contributed by atoms with Crippen LogP contribution in [0.4, 0.5) is 13.2 Å². The fourth-order valence-electron chi connectivity index (χ4n) is 0.542. The third-order valence-corrected chi connectivity index (χ3v) is 1.17. The highest BCUT2D eigenvalue weighted by atomic mass is 19.4. The lowest BCUT2D eigenvalue weighted by atomic mass is 10.4. The molecule has 1 unspecified atom stereocenters. The first kappa shape index (κ1) is 13.5. The van der Waals surface area contributed by atoms with Crippen LogP contribution in [-0.4, -0.2) is 30.8 Å². The molecule has 15 heavy (non-hydrogen) atoms. The molecule has 0 aliphatic carbocycles. The maximum absolute atomic E-state index is 11.7. The summed E-state index contributed by atoms with van der Waals surface area (Å²) in [5.41, 5.74) is 0. The van der Waals surface area contributed by atoms with Crippen LogP contribution in [0.5, 0.6) is 0 Å². The van der Waals surface area contributed by atoms with Gasteiger partial charge >= 0.3 is 18.1 Å². The number of esters is 2. The Hall–Kier alpha value is -1.53. The minimum absolute atomic E-state index is 0.452. The predicted molar refractivity (Wildman–Crippen MR) is 42.8 cm³/mol. The van der Waals surface area contributed by atoms with Gasteiger partial charge in [0.15, 0.2) is 0 Å². The zero-order valence-corrected chi connectivity index (χ0v) is 7.84. The van der Waals surface area contributed by atoms with Gasteiger partial charge in [0, 0.05) is 6.08 Å². The molecule has 0 N–H and O–H groups in total. The Morgan fingerprint density at radius 2 is 2.00 bits per heavy atom. The molecule has 0 saturated carbocycles. The minimum atomic E-state index is -5.04. The van der Waals surface area contributed by atoms with Crippen molar-refractivity contribution in [3.8, 4) is 0 Å². The highest BCUT2D eigenvalue weighted by Crippen LogP contribution is 2.17. The molecule has 0 radical (unpaired) electrons. The maximum atomic E-state index is 11.7. The number of carbonyl (C=O) groups excluding carboxylic acids is 2. The number of hydrogen-bond acceptors (Lipinski definition) is 4. The second-order valence-corrected chi connectivity index (χ2v) is 2.55. The van der Waals surface area contributed by atoms with Gasteiger partial charge in [0.05, 0.1) is 0 Å². The smallest absolute Gasteiger partial charge is 0.459 e. The number of hydrogen-bond donors (Lipinski definition) is 0. The van der Waals surface area contributed by atoms with Crippen molar-refractivity contribution < 1.29 is 32.2 Å². The number of carbonyl (C=O) groups is 2. The number of alkyl halides is 3. The van der Waals surface area contributed by atoms with Crippen molar-refractivity contribution in [2.24, 2.45) is 0 Å². The average Bonchev–Trinajstić information content (AvgIpc) is 2.12. The van der Waals surface area contributed by atoms with Crippen molar-refractivity contribution in [1.29, 1.82) is 0 Å². The number of ether oxygens (including phenoxy) is 2. The summed E-state index contributed by atoms with van der Waals surface area (Å²) in [4.78, 5) is 20.8. The summed E-state index contributed by atoms with van der Waals surface area (Å²) >= 11 is 0. The van der Waals surface area contributed by atoms with Crippen LogP contribution in [0.2, 0.25) is 0 Å². The Morgan fingerprint density at radius 3 is 2.40 bits per heavy atom. The van der Waals surface area contributed by atoms with Crippen molar-refractivity contribution in [2.45, 2.75) is 19.2 Å². The van der Waals surface area contributed by atoms with Gasteiger partial charge in [-0.15, -0.1) is 0 Å². The summed E-state index contributed by atoms with van der Waals surface area (Å²) < 4.78 is 43.3. The van der Waals surface area contributed by atoms with E-state index in [0.29, 0.717) is 0 Å². The first-order chi connectivity index (χ1) is 6.77. The van der Waals surface area contributed by atoms with Gasteiger partial charge < -0.3 is 9.47 Å². The predicted octanol–water partition coefficient (Wildman–Crippen LogP) is 1.21. The van der Waals surface area contributed by atoms with Gasteiger partial charge in [0.1, 0.15) is 12.7 Å². The largest absolute Gasteiger partial charge is 0.490 e. The summed E-state index contributed by atoms with van der Waals surface area (Å²) in [6.07, 6.45) is -5.36. The van der Waals surface area contributed by atoms with Crippen LogP contribution >= 0.6 is 0 Å². The van der Waals surface area contributed by atoms with Crippen molar-refractivity contribution in [3.05, 3.63) is 12.7 Å². The molecule has 0 bridgehead atoms. The average molecular weight is 226 g/mol. The molecule has 0 amide bonds. The molecule has 0 aliphatic rings. The molecule has 4 nitrogen and oxygen atoms in total. The van der Waals surface area contributed by atoms with Gasteiger partial charge in [-0.1, -0.05) is 6.58 Å². The molecule has 0 rings (SSSR count). The molecule has 0 saturated heterocycles. The molecule has 0 aromatic rings. The maximum Gasteiger partial charge on any atom is 0.490 e. The topological polar surface area (TPSA) is 52.6 Å². The van der Waals surface area contributed by atoms with Crippen LogP contribution in [0.15, 0.2) is 12.7 Å². The lowest BCUT2D eigenvalue weighted by molar-refractivity contribution is -0.206. The third-order valence-electron chi connectivity index (χ3n) is 1.17. The van der Waals surface area contributed by atoms with E-state index in [-0.39, 0.29) is 0 Å². The molecule has 0 aromatic heterocycles. The number of rotatable bonds is 4. The summed E-state index contributed by atoms with van der Waals surface area (Å²) in [6, 6.07) is 0. The SMILES string of the molecule is C=CC(=O)OCC(C)OC(=O)C(F)(F)F. The molecule has 0 spiro atoms. The molecule has 0 heterocycles. The van der Waals surface area contributed by atoms with Crippen molar-refractivity contribution in [1.82, 2.24) is 0 Å². The number of halogens is 3. The van der Waals surface area contributed by atoms with Gasteiger partial charge in [-0.05, 0) is 6.92 Å². The van der Waals surface area contributed by atoms with Crippen LogP contribution in [0, 0.1) is 0 Å². The van der Waals surface area contributed by atoms with E-state index in [2.05, 4.69) is 16.1 Å². The monoisotopic (exact) mass is 226 g/mol. The molecular weight excluding hydrogens is 217 g/mol. The molecule has 0 aliphatic heterocycles. The fraction of sp³-hybridized carbons (Fsp3) is 0.500. The van der Waals surface area contributed by atoms with Gasteiger partial charge in [-0.25, -0.2) is 9.59 Å². The first-order valence-corrected chi connectivity index (χ1v) is 3.84. The summed E-state index contributed by atoms with van der Waals surface area (Å²) in [7, 11) is 0. The van der Waals surface area contributed by atoms with E-state index in [1.165, 1.54) is 6.92 Å². The normalized spacial score (nSPS) is 12.8. The lowest BCUT2D eigenvalue weighted by Crippen LogP contribution is -2.31. The Bertz CT molecular complexity index is 259. The van der Waals surface area contributed by atoms with Crippen LogP contribution in [0.3, 0.4) is 0 Å². The van der Waals surface area contributed by atoms with E-state index in [1.54, 1.807) is 0 Å². The Morgan fingerprint density at radius 1 is 1.47 bits per heavy atom. The van der Waals surface area contributed by atoms with E-state index in [4.69, 9.17) is 0 Å². The molecule has 1 atom stereocenters. The van der Waals surface area contributed by atoms with Crippen molar-refractivity contribution in [2.75, 3.05) is 6.61 Å². The summed E-state index contributed by atoms with van der Waals surface area (Å²) in [6.45, 7) is 3.79. The van der Waals surface area contributed by atoms with E-state index in [0.717, 1.165) is 6.08 Å². The molecule has 7 heteroatoms. The second-order valence-electron chi connectivity index (χ2n) is 2.55. The standard InChI is InChI=1S/C8H9F3O4/c1-3-6(12)14-4-5(2)15-7(13)8(9,10)11/h3,5H,1,4H2,2H3. The molecule has 0 aromatic carbocycles. The van der Waals surface area contributed by atoms with E-state index in [1.807, 2.05) is 0 Å².